The fourth-order valence-electron chi connectivity index (χ4n) is 4.68. The lowest BCUT2D eigenvalue weighted by Crippen LogP contribution is -2.35. The summed E-state index contributed by atoms with van der Waals surface area (Å²) in [7, 11) is 0. The van der Waals surface area contributed by atoms with E-state index in [0.717, 1.165) is 38.5 Å². The van der Waals surface area contributed by atoms with Crippen molar-refractivity contribution in [3.8, 4) is 0 Å². The number of allylic oxidation sites excluding steroid dienone is 12. The Morgan fingerprint density at radius 1 is 0.567 bits per heavy atom. The summed E-state index contributed by atoms with van der Waals surface area (Å²) < 4.78 is 4.93. The molecule has 0 saturated heterocycles. The van der Waals surface area contributed by atoms with Gasteiger partial charge in [0.05, 0.1) is 16.7 Å². The summed E-state index contributed by atoms with van der Waals surface area (Å²) in [5, 5.41) is 19.1. The maximum Gasteiger partial charge on any atom is 0.407 e. The third-order valence-corrected chi connectivity index (χ3v) is 7.87. The third-order valence-electron chi connectivity index (χ3n) is 7.87. The van der Waals surface area contributed by atoms with Crippen LogP contribution in [0.5, 0.6) is 0 Å². The number of nitrogens with two attached hydrogens (primary N) is 2. The summed E-state index contributed by atoms with van der Waals surface area (Å²) in [5.74, 6) is -1.28. The van der Waals surface area contributed by atoms with Crippen LogP contribution in [0.2, 0.25) is 0 Å². The molecule has 0 atom stereocenters. The topological polar surface area (TPSA) is 254 Å². The fourth-order valence-corrected chi connectivity index (χ4v) is 4.68. The first-order chi connectivity index (χ1) is 32.3. The molecule has 16 heteroatoms. The van der Waals surface area contributed by atoms with Gasteiger partial charge in [0.2, 0.25) is 5.91 Å². The molecular formula is C51H73N9O7. The van der Waals surface area contributed by atoms with E-state index in [1.165, 1.54) is 30.9 Å². The SMILES string of the molecule is CC(C)(C)OC(=O)NCCN.CC/C=C\C/C=C\C/C=C\C/C=C\C/C=C\C/C=C\CCC(=O)NCCNC(=O)c1cccnc1.NCCNC(=O)c1cccnc1.O=C(O)c1cccnc1. The highest BCUT2D eigenvalue weighted by Crippen LogP contribution is 2.06. The second kappa shape index (κ2) is 41.7. The van der Waals surface area contributed by atoms with Crippen molar-refractivity contribution in [3.63, 3.8) is 0 Å². The fraction of sp³-hybridized carbons (Fsp3) is 0.373. The molecule has 0 fully saturated rings. The molecule has 0 bridgehead atoms. The maximum atomic E-state index is 11.9. The number of pyridine rings is 3. The van der Waals surface area contributed by atoms with Crippen LogP contribution in [-0.2, 0) is 9.53 Å². The van der Waals surface area contributed by atoms with Gasteiger partial charge >= 0.3 is 12.1 Å². The molecule has 0 aliphatic carbocycles. The second-order valence-corrected chi connectivity index (χ2v) is 14.9. The van der Waals surface area contributed by atoms with Gasteiger partial charge in [-0.05, 0) is 102 Å². The predicted molar refractivity (Wildman–Crippen MR) is 267 cm³/mol. The number of hydrogen-bond donors (Lipinski definition) is 7. The van der Waals surface area contributed by atoms with Crippen molar-refractivity contribution in [2.75, 3.05) is 39.3 Å². The first-order valence-electron chi connectivity index (χ1n) is 22.4. The molecule has 0 aliphatic rings. The number of carboxylic acids is 1. The summed E-state index contributed by atoms with van der Waals surface area (Å²) in [5.41, 5.74) is 11.3. The number of aromatic nitrogens is 3. The van der Waals surface area contributed by atoms with E-state index >= 15 is 0 Å². The average Bonchev–Trinajstić information content (AvgIpc) is 3.33. The monoisotopic (exact) mass is 924 g/mol. The zero-order valence-corrected chi connectivity index (χ0v) is 39.6. The number of carboxylic acid groups (broad SMARTS) is 1. The Morgan fingerprint density at radius 3 is 1.33 bits per heavy atom. The molecule has 9 N–H and O–H groups in total. The largest absolute Gasteiger partial charge is 0.478 e. The second-order valence-electron chi connectivity index (χ2n) is 14.9. The van der Waals surface area contributed by atoms with Gasteiger partial charge in [-0.25, -0.2) is 9.59 Å². The van der Waals surface area contributed by atoms with E-state index in [2.05, 4.69) is 110 Å². The number of ether oxygens (including phenoxy) is 1. The van der Waals surface area contributed by atoms with E-state index in [-0.39, 0.29) is 23.3 Å². The molecule has 0 aromatic carbocycles. The highest BCUT2D eigenvalue weighted by molar-refractivity contribution is 5.94. The lowest BCUT2D eigenvalue weighted by atomic mass is 10.2. The van der Waals surface area contributed by atoms with Gasteiger partial charge < -0.3 is 42.6 Å². The standard InChI is InChI=1S/C30H41N3O2.C8H11N3O.C7H16N2O2.C6H5NO2/c1-2-3-4-5-6-7-8-9-10-11-12-13-14-15-16-17-18-19-20-23-29(34)32-25-26-33-30(35)28-22-21-24-31-27-28;9-3-5-11-8(12)7-2-1-4-10-6-7;1-7(2,3)11-6(10)9-5-4-8;8-6(9)5-2-1-3-7-4-5/h3-4,6-7,9-10,12-13,15-16,18-19,21-22,24,27H,2,5,8,11,14,17,20,23,25-26H2,1H3,(H,32,34)(H,33,35);1-2,4,6H,3,5,9H2,(H,11,12);4-5,8H2,1-3H3,(H,9,10);1-4H,(H,8,9)/b4-3-,7-6-,10-9-,13-12-,16-15-,19-18-;;;. The van der Waals surface area contributed by atoms with Crippen LogP contribution in [0.1, 0.15) is 110 Å². The maximum absolute atomic E-state index is 11.9. The van der Waals surface area contributed by atoms with E-state index < -0.39 is 17.7 Å². The van der Waals surface area contributed by atoms with Crippen LogP contribution in [0.4, 0.5) is 4.79 Å². The molecule has 3 aromatic heterocycles. The number of aromatic carboxylic acids is 1. The first kappa shape index (κ1) is 60.0. The Bertz CT molecular complexity index is 1950. The van der Waals surface area contributed by atoms with Crippen molar-refractivity contribution < 1.29 is 33.8 Å². The van der Waals surface area contributed by atoms with Crippen LogP contribution in [0.15, 0.2) is 146 Å². The molecule has 67 heavy (non-hydrogen) atoms. The van der Waals surface area contributed by atoms with Crippen molar-refractivity contribution in [2.24, 2.45) is 11.5 Å². The highest BCUT2D eigenvalue weighted by atomic mass is 16.6. The van der Waals surface area contributed by atoms with Crippen LogP contribution in [0, 0.1) is 0 Å². The van der Waals surface area contributed by atoms with Crippen molar-refractivity contribution in [1.29, 1.82) is 0 Å². The van der Waals surface area contributed by atoms with Crippen LogP contribution in [0.3, 0.4) is 0 Å². The van der Waals surface area contributed by atoms with Gasteiger partial charge in [-0.15, -0.1) is 0 Å². The normalized spacial score (nSPS) is 11.1. The van der Waals surface area contributed by atoms with E-state index in [4.69, 9.17) is 21.3 Å². The third kappa shape index (κ3) is 39.1. The molecule has 16 nitrogen and oxygen atoms in total. The zero-order chi connectivity index (χ0) is 49.6. The van der Waals surface area contributed by atoms with Gasteiger partial charge in [-0.1, -0.05) is 79.8 Å². The lowest BCUT2D eigenvalue weighted by Gasteiger charge is -2.19. The van der Waals surface area contributed by atoms with Crippen LogP contribution in [0.25, 0.3) is 0 Å². The van der Waals surface area contributed by atoms with E-state index in [1.54, 1.807) is 42.7 Å². The molecule has 0 saturated carbocycles. The summed E-state index contributed by atoms with van der Waals surface area (Å²) in [6, 6.07) is 9.92. The van der Waals surface area contributed by atoms with Gasteiger partial charge in [0.15, 0.2) is 0 Å². The van der Waals surface area contributed by atoms with E-state index in [0.29, 0.717) is 63.2 Å². The number of nitrogens with one attached hydrogen (secondary N) is 4. The number of hydrogen-bond acceptors (Lipinski definition) is 11. The minimum atomic E-state index is -0.942. The Hall–Kier alpha value is -7.04. The number of nitrogens with zero attached hydrogens (tertiary/aromatic N) is 3. The average molecular weight is 924 g/mol. The number of alkyl carbamates (subject to hydrolysis) is 1. The zero-order valence-electron chi connectivity index (χ0n) is 39.6. The number of amides is 4. The van der Waals surface area contributed by atoms with Gasteiger partial charge in [0, 0.05) is 82.9 Å². The molecule has 0 unspecified atom stereocenters. The Labute approximate surface area is 397 Å². The first-order valence-corrected chi connectivity index (χ1v) is 22.4. The van der Waals surface area contributed by atoms with Crippen LogP contribution in [-0.4, -0.2) is 94.7 Å². The number of rotatable bonds is 24. The molecule has 4 amide bonds. The van der Waals surface area contributed by atoms with Crippen molar-refractivity contribution >= 4 is 29.8 Å². The minimum absolute atomic E-state index is 0.0137. The summed E-state index contributed by atoms with van der Waals surface area (Å²) >= 11 is 0. The highest BCUT2D eigenvalue weighted by Gasteiger charge is 2.15. The summed E-state index contributed by atoms with van der Waals surface area (Å²) in [4.78, 5) is 67.2. The smallest absolute Gasteiger partial charge is 0.407 e. The van der Waals surface area contributed by atoms with E-state index in [1.807, 2.05) is 26.8 Å². The van der Waals surface area contributed by atoms with Gasteiger partial charge in [-0.2, -0.15) is 0 Å². The molecule has 3 aromatic rings. The van der Waals surface area contributed by atoms with Crippen molar-refractivity contribution in [3.05, 3.63) is 163 Å². The summed E-state index contributed by atoms with van der Waals surface area (Å²) in [6.45, 7) is 10.2. The van der Waals surface area contributed by atoms with E-state index in [9.17, 15) is 24.0 Å². The van der Waals surface area contributed by atoms with Crippen LogP contribution >= 0.6 is 0 Å². The molecule has 364 valence electrons. The molecule has 3 rings (SSSR count). The molecule has 0 aliphatic heterocycles. The molecule has 0 spiro atoms. The Balaban J connectivity index is 0.00000109. The minimum Gasteiger partial charge on any atom is -0.478 e. The Morgan fingerprint density at radius 2 is 0.955 bits per heavy atom. The van der Waals surface area contributed by atoms with Gasteiger partial charge in [-0.3, -0.25) is 29.3 Å². The molecule has 0 radical (unpaired) electrons. The van der Waals surface area contributed by atoms with Crippen LogP contribution < -0.4 is 32.7 Å². The van der Waals surface area contributed by atoms with Crippen molar-refractivity contribution in [1.82, 2.24) is 36.2 Å². The Kier molecular flexibility index (Phi) is 37.3. The molecular weight excluding hydrogens is 851 g/mol. The predicted octanol–water partition coefficient (Wildman–Crippen LogP) is 7.43. The number of carbonyl (C=O) groups is 5. The lowest BCUT2D eigenvalue weighted by molar-refractivity contribution is -0.121. The van der Waals surface area contributed by atoms with Gasteiger partial charge in [0.25, 0.3) is 11.8 Å². The molecule has 3 heterocycles. The number of carbonyl (C=O) groups excluding carboxylic acids is 4. The van der Waals surface area contributed by atoms with Crippen molar-refractivity contribution in [2.45, 2.75) is 84.7 Å². The summed E-state index contributed by atoms with van der Waals surface area (Å²) in [6.07, 6.45) is 41.7. The quantitative estimate of drug-likeness (QED) is 0.0342. The van der Waals surface area contributed by atoms with Gasteiger partial charge in [0.1, 0.15) is 5.60 Å².